The summed E-state index contributed by atoms with van der Waals surface area (Å²) in [7, 11) is 0. The molecule has 1 heterocycles. The summed E-state index contributed by atoms with van der Waals surface area (Å²) < 4.78 is 0. The van der Waals surface area contributed by atoms with E-state index in [9.17, 15) is 5.11 Å². The van der Waals surface area contributed by atoms with E-state index in [0.717, 1.165) is 10.4 Å². The molecule has 2 aromatic rings. The first-order valence-corrected chi connectivity index (χ1v) is 6.07. The number of hydrogen-bond donors (Lipinski definition) is 1. The summed E-state index contributed by atoms with van der Waals surface area (Å²) in [6.45, 7) is 0. The first-order chi connectivity index (χ1) is 8.29. The van der Waals surface area contributed by atoms with Crippen LogP contribution in [0.4, 0.5) is 0 Å². The van der Waals surface area contributed by atoms with Crippen LogP contribution in [-0.2, 0) is 0 Å². The molecule has 0 radical (unpaired) electrons. The van der Waals surface area contributed by atoms with E-state index >= 15 is 0 Å². The molecule has 0 saturated heterocycles. The summed E-state index contributed by atoms with van der Waals surface area (Å²) in [5.74, 6) is 0. The maximum Gasteiger partial charge on any atom is 0.107 e. The maximum absolute atomic E-state index is 9.84. The Bertz CT molecular complexity index is 535. The first kappa shape index (κ1) is 11.6. The van der Waals surface area contributed by atoms with E-state index in [1.807, 2.05) is 35.7 Å². The molecule has 0 bridgehead atoms. The average Bonchev–Trinajstić information content (AvgIpc) is 2.90. The van der Waals surface area contributed by atoms with Crippen LogP contribution >= 0.6 is 11.3 Å². The summed E-state index contributed by atoms with van der Waals surface area (Å²) in [5, 5.41) is 20.4. The summed E-state index contributed by atoms with van der Waals surface area (Å²) in [5.41, 5.74) is 1.61. The highest BCUT2D eigenvalue weighted by atomic mass is 32.1. The highest BCUT2D eigenvalue weighted by Crippen LogP contribution is 2.20. The molecule has 2 nitrogen and oxygen atoms in total. The molecule has 3 heteroatoms. The minimum atomic E-state index is -0.564. The molecule has 1 N–H and O–H groups in total. The molecule has 1 unspecified atom stereocenters. The van der Waals surface area contributed by atoms with E-state index < -0.39 is 6.10 Å². The number of nitriles is 1. The zero-order valence-corrected chi connectivity index (χ0v) is 9.89. The third-order valence-corrected chi connectivity index (χ3v) is 3.29. The van der Waals surface area contributed by atoms with Gasteiger partial charge >= 0.3 is 0 Å². The van der Waals surface area contributed by atoms with E-state index in [-0.39, 0.29) is 0 Å². The Morgan fingerprint density at radius 2 is 2.00 bits per heavy atom. The number of benzene rings is 1. The Labute approximate surface area is 104 Å². The fraction of sp³-hybridized carbons (Fsp3) is 0.0714. The third-order valence-electron chi connectivity index (χ3n) is 2.35. The molecule has 0 amide bonds. The first-order valence-electron chi connectivity index (χ1n) is 5.19. The second kappa shape index (κ2) is 5.44. The molecule has 2 rings (SSSR count). The largest absolute Gasteiger partial charge is 0.383 e. The summed E-state index contributed by atoms with van der Waals surface area (Å²) in [4.78, 5) is 0.926. The van der Waals surface area contributed by atoms with Crippen LogP contribution < -0.4 is 0 Å². The van der Waals surface area contributed by atoms with Crippen molar-refractivity contribution in [1.82, 2.24) is 0 Å². The zero-order valence-electron chi connectivity index (χ0n) is 9.08. The van der Waals surface area contributed by atoms with E-state index in [1.165, 1.54) is 11.3 Å². The van der Waals surface area contributed by atoms with Gasteiger partial charge in [0.25, 0.3) is 0 Å². The van der Waals surface area contributed by atoms with E-state index in [2.05, 4.69) is 6.07 Å². The van der Waals surface area contributed by atoms with Crippen molar-refractivity contribution in [3.05, 3.63) is 63.9 Å². The predicted octanol–water partition coefficient (Wildman–Crippen LogP) is 3.37. The SMILES string of the molecule is N#Cc1ccc(C=CC(O)c2cccs2)cc1. The lowest BCUT2D eigenvalue weighted by Crippen LogP contribution is -1.87. The second-order valence-corrected chi connectivity index (χ2v) is 4.53. The van der Waals surface area contributed by atoms with Crippen LogP contribution in [0.3, 0.4) is 0 Å². The molecule has 1 aromatic heterocycles. The number of nitrogens with zero attached hydrogens (tertiary/aromatic N) is 1. The van der Waals surface area contributed by atoms with Gasteiger partial charge in [-0.25, -0.2) is 0 Å². The minimum absolute atomic E-state index is 0.564. The fourth-order valence-corrected chi connectivity index (χ4v) is 2.11. The minimum Gasteiger partial charge on any atom is -0.383 e. The maximum atomic E-state index is 9.84. The Morgan fingerprint density at radius 3 is 2.59 bits per heavy atom. The van der Waals surface area contributed by atoms with Crippen LogP contribution in [0.1, 0.15) is 22.1 Å². The van der Waals surface area contributed by atoms with Crippen molar-refractivity contribution in [3.63, 3.8) is 0 Å². The van der Waals surface area contributed by atoms with E-state index in [4.69, 9.17) is 5.26 Å². The summed E-state index contributed by atoms with van der Waals surface area (Å²) in [6.07, 6.45) is 3.03. The predicted molar refractivity (Wildman–Crippen MR) is 69.5 cm³/mol. The van der Waals surface area contributed by atoms with Gasteiger partial charge in [0.2, 0.25) is 0 Å². The molecule has 0 aliphatic rings. The number of hydrogen-bond acceptors (Lipinski definition) is 3. The quantitative estimate of drug-likeness (QED) is 0.895. The molecule has 1 atom stereocenters. The van der Waals surface area contributed by atoms with E-state index in [0.29, 0.717) is 5.56 Å². The van der Waals surface area contributed by atoms with Crippen molar-refractivity contribution in [2.24, 2.45) is 0 Å². The highest BCUT2D eigenvalue weighted by molar-refractivity contribution is 7.10. The molecular formula is C14H11NOS. The second-order valence-electron chi connectivity index (χ2n) is 3.55. The van der Waals surface area contributed by atoms with Crippen LogP contribution in [0, 0.1) is 11.3 Å². The van der Waals surface area contributed by atoms with Gasteiger partial charge < -0.3 is 5.11 Å². The number of thiophene rings is 1. The fourth-order valence-electron chi connectivity index (χ4n) is 1.43. The Kier molecular flexibility index (Phi) is 3.71. The van der Waals surface area contributed by atoms with Crippen molar-refractivity contribution in [1.29, 1.82) is 5.26 Å². The van der Waals surface area contributed by atoms with Gasteiger partial charge in [0, 0.05) is 4.88 Å². The molecule has 0 aliphatic carbocycles. The molecule has 0 fully saturated rings. The summed E-state index contributed by atoms with van der Waals surface area (Å²) >= 11 is 1.53. The van der Waals surface area contributed by atoms with Crippen molar-refractivity contribution in [2.45, 2.75) is 6.10 Å². The van der Waals surface area contributed by atoms with Crippen LogP contribution in [-0.4, -0.2) is 5.11 Å². The van der Waals surface area contributed by atoms with Crippen LogP contribution in [0.15, 0.2) is 47.9 Å². The van der Waals surface area contributed by atoms with Crippen molar-refractivity contribution in [2.75, 3.05) is 0 Å². The zero-order chi connectivity index (χ0) is 12.1. The molecule has 84 valence electrons. The number of aliphatic hydroxyl groups is 1. The van der Waals surface area contributed by atoms with Gasteiger partial charge in [-0.3, -0.25) is 0 Å². The standard InChI is InChI=1S/C14H11NOS/c15-10-12-5-3-11(4-6-12)7-8-13(16)14-2-1-9-17-14/h1-9,13,16H. The summed E-state index contributed by atoms with van der Waals surface area (Å²) in [6, 6.07) is 13.1. The molecule has 0 saturated carbocycles. The van der Waals surface area contributed by atoms with Crippen molar-refractivity contribution < 1.29 is 5.11 Å². The molecule has 0 spiro atoms. The Morgan fingerprint density at radius 1 is 1.24 bits per heavy atom. The van der Waals surface area contributed by atoms with Crippen molar-refractivity contribution >= 4 is 17.4 Å². The van der Waals surface area contributed by atoms with Crippen LogP contribution in [0.25, 0.3) is 6.08 Å². The average molecular weight is 241 g/mol. The lowest BCUT2D eigenvalue weighted by molar-refractivity contribution is 0.233. The van der Waals surface area contributed by atoms with Gasteiger partial charge in [0.15, 0.2) is 0 Å². The van der Waals surface area contributed by atoms with Crippen molar-refractivity contribution in [3.8, 4) is 6.07 Å². The topological polar surface area (TPSA) is 44.0 Å². The number of aliphatic hydroxyl groups excluding tert-OH is 1. The third kappa shape index (κ3) is 3.04. The Balaban J connectivity index is 2.07. The molecular weight excluding hydrogens is 230 g/mol. The lowest BCUT2D eigenvalue weighted by atomic mass is 10.1. The van der Waals surface area contributed by atoms with Crippen LogP contribution in [0.2, 0.25) is 0 Å². The number of rotatable bonds is 3. The van der Waals surface area contributed by atoms with Gasteiger partial charge in [0.1, 0.15) is 6.10 Å². The van der Waals surface area contributed by atoms with Gasteiger partial charge in [-0.05, 0) is 29.1 Å². The van der Waals surface area contributed by atoms with E-state index in [1.54, 1.807) is 18.2 Å². The van der Waals surface area contributed by atoms with Gasteiger partial charge in [0.05, 0.1) is 11.6 Å². The normalized spacial score (nSPS) is 12.5. The van der Waals surface area contributed by atoms with Crippen LogP contribution in [0.5, 0.6) is 0 Å². The smallest absolute Gasteiger partial charge is 0.107 e. The molecule has 1 aromatic carbocycles. The van der Waals surface area contributed by atoms with Gasteiger partial charge in [-0.1, -0.05) is 30.4 Å². The monoisotopic (exact) mass is 241 g/mol. The highest BCUT2D eigenvalue weighted by Gasteiger charge is 2.02. The Hall–Kier alpha value is -1.89. The van der Waals surface area contributed by atoms with Gasteiger partial charge in [-0.2, -0.15) is 5.26 Å². The lowest BCUT2D eigenvalue weighted by Gasteiger charge is -2.01. The van der Waals surface area contributed by atoms with Gasteiger partial charge in [-0.15, -0.1) is 11.3 Å². The molecule has 17 heavy (non-hydrogen) atoms. The molecule has 0 aliphatic heterocycles.